The van der Waals surface area contributed by atoms with Crippen molar-refractivity contribution in [3.8, 4) is 5.75 Å². The van der Waals surface area contributed by atoms with E-state index in [4.69, 9.17) is 10.5 Å². The van der Waals surface area contributed by atoms with Crippen molar-refractivity contribution in [1.82, 2.24) is 5.32 Å². The number of carbonyl (C=O) groups excluding carboxylic acids is 2. The Balaban J connectivity index is 2.29. The molecule has 0 fully saturated rings. The van der Waals surface area contributed by atoms with Gasteiger partial charge in [-0.3, -0.25) is 9.59 Å². The van der Waals surface area contributed by atoms with Crippen LogP contribution in [-0.2, 0) is 16.0 Å². The number of amides is 2. The van der Waals surface area contributed by atoms with Crippen LogP contribution in [0.5, 0.6) is 5.75 Å². The molecule has 2 amide bonds. The predicted octanol–water partition coefficient (Wildman–Crippen LogP) is 0.715. The molecule has 1 aromatic rings. The zero-order valence-corrected chi connectivity index (χ0v) is 11.1. The molecule has 0 heterocycles. The maximum atomic E-state index is 11.5. The van der Waals surface area contributed by atoms with Crippen LogP contribution in [0.2, 0.25) is 0 Å². The average Bonchev–Trinajstić information content (AvgIpc) is 2.77. The lowest BCUT2D eigenvalue weighted by Crippen LogP contribution is -2.47. The second-order valence-corrected chi connectivity index (χ2v) is 4.79. The first kappa shape index (κ1) is 13.4. The minimum atomic E-state index is -0.646. The monoisotopic (exact) mass is 262 g/mol. The molecule has 5 heteroatoms. The first-order valence-corrected chi connectivity index (χ1v) is 6.26. The summed E-state index contributed by atoms with van der Waals surface area (Å²) in [5.41, 5.74) is 7.62. The van der Waals surface area contributed by atoms with Gasteiger partial charge in [0.25, 0.3) is 0 Å². The van der Waals surface area contributed by atoms with E-state index in [2.05, 4.69) is 5.32 Å². The van der Waals surface area contributed by atoms with Crippen LogP contribution in [0.3, 0.4) is 0 Å². The molecule has 19 heavy (non-hydrogen) atoms. The predicted molar refractivity (Wildman–Crippen MR) is 70.9 cm³/mol. The highest BCUT2D eigenvalue weighted by atomic mass is 16.5. The van der Waals surface area contributed by atoms with Crippen LogP contribution in [-0.4, -0.2) is 25.0 Å². The van der Waals surface area contributed by atoms with Crippen molar-refractivity contribution >= 4 is 11.8 Å². The van der Waals surface area contributed by atoms with E-state index in [0.717, 1.165) is 29.7 Å². The average molecular weight is 262 g/mol. The van der Waals surface area contributed by atoms with E-state index in [1.807, 2.05) is 18.2 Å². The minimum Gasteiger partial charge on any atom is -0.497 e. The van der Waals surface area contributed by atoms with Gasteiger partial charge in [-0.1, -0.05) is 6.07 Å². The van der Waals surface area contributed by atoms with Gasteiger partial charge in [0.05, 0.1) is 7.11 Å². The fraction of sp³-hybridized carbons (Fsp3) is 0.429. The number of hydrogen-bond donors (Lipinski definition) is 2. The Morgan fingerprint density at radius 1 is 1.47 bits per heavy atom. The molecule has 102 valence electrons. The molecule has 0 unspecified atom stereocenters. The van der Waals surface area contributed by atoms with E-state index >= 15 is 0 Å². The fourth-order valence-electron chi connectivity index (χ4n) is 2.69. The third-order valence-electron chi connectivity index (χ3n) is 3.54. The topological polar surface area (TPSA) is 81.4 Å². The number of hydrogen-bond acceptors (Lipinski definition) is 3. The number of rotatable bonds is 4. The van der Waals surface area contributed by atoms with Gasteiger partial charge < -0.3 is 15.8 Å². The van der Waals surface area contributed by atoms with E-state index in [0.29, 0.717) is 0 Å². The highest BCUT2D eigenvalue weighted by Crippen LogP contribution is 2.37. The lowest BCUT2D eigenvalue weighted by molar-refractivity contribution is -0.126. The molecular formula is C14H18N2O3. The Hall–Kier alpha value is -2.04. The van der Waals surface area contributed by atoms with Crippen molar-refractivity contribution in [2.24, 2.45) is 5.73 Å². The van der Waals surface area contributed by atoms with Gasteiger partial charge in [-0.2, -0.15) is 0 Å². The molecule has 5 nitrogen and oxygen atoms in total. The summed E-state index contributed by atoms with van der Waals surface area (Å²) in [6, 6.07) is 5.14. The zero-order chi connectivity index (χ0) is 14.0. The summed E-state index contributed by atoms with van der Waals surface area (Å²) in [5, 5.41) is 2.65. The van der Waals surface area contributed by atoms with Crippen molar-refractivity contribution in [1.29, 1.82) is 0 Å². The van der Waals surface area contributed by atoms with Crippen molar-refractivity contribution in [2.75, 3.05) is 7.11 Å². The van der Waals surface area contributed by atoms with Crippen LogP contribution in [0.1, 0.15) is 30.4 Å². The Morgan fingerprint density at radius 2 is 2.21 bits per heavy atom. The second-order valence-electron chi connectivity index (χ2n) is 4.79. The van der Waals surface area contributed by atoms with Gasteiger partial charge in [0.1, 0.15) is 11.8 Å². The summed E-state index contributed by atoms with van der Waals surface area (Å²) in [6.07, 6.45) is 1.66. The van der Waals surface area contributed by atoms with Crippen LogP contribution in [0.15, 0.2) is 18.2 Å². The normalized spacial score (nSPS) is 18.5. The molecule has 0 aliphatic heterocycles. The number of fused-ring (bicyclic) bond motifs is 1. The van der Waals surface area contributed by atoms with Crippen molar-refractivity contribution in [3.63, 3.8) is 0 Å². The van der Waals surface area contributed by atoms with Gasteiger partial charge in [-0.25, -0.2) is 0 Å². The largest absolute Gasteiger partial charge is 0.497 e. The van der Waals surface area contributed by atoms with Gasteiger partial charge in [-0.15, -0.1) is 0 Å². The molecular weight excluding hydrogens is 244 g/mol. The number of nitrogens with one attached hydrogen (secondary N) is 1. The Labute approximate surface area is 112 Å². The molecule has 2 atom stereocenters. The molecule has 3 N–H and O–H groups in total. The summed E-state index contributed by atoms with van der Waals surface area (Å²) in [7, 11) is 1.62. The highest BCUT2D eigenvalue weighted by molar-refractivity contribution is 5.86. The molecule has 0 saturated heterocycles. The quantitative estimate of drug-likeness (QED) is 0.838. The maximum Gasteiger partial charge on any atom is 0.240 e. The number of aryl methyl sites for hydroxylation is 1. The van der Waals surface area contributed by atoms with Crippen molar-refractivity contribution < 1.29 is 14.3 Å². The van der Waals surface area contributed by atoms with Crippen molar-refractivity contribution in [2.45, 2.75) is 31.7 Å². The third kappa shape index (κ3) is 2.70. The Kier molecular flexibility index (Phi) is 3.74. The van der Waals surface area contributed by atoms with Gasteiger partial charge in [0.15, 0.2) is 0 Å². The van der Waals surface area contributed by atoms with E-state index in [1.54, 1.807) is 7.11 Å². The third-order valence-corrected chi connectivity index (χ3v) is 3.54. The van der Waals surface area contributed by atoms with E-state index in [9.17, 15) is 9.59 Å². The molecule has 1 aromatic carbocycles. The van der Waals surface area contributed by atoms with Crippen LogP contribution in [0, 0.1) is 0 Å². The fourth-order valence-corrected chi connectivity index (χ4v) is 2.69. The SMILES string of the molecule is COc1ccc2c(c1)CC[C@H]2[C@H](NC(C)=O)C(N)=O. The van der Waals surface area contributed by atoms with Crippen LogP contribution < -0.4 is 15.8 Å². The molecule has 2 rings (SSSR count). The first-order valence-electron chi connectivity index (χ1n) is 6.26. The summed E-state index contributed by atoms with van der Waals surface area (Å²) in [4.78, 5) is 22.7. The molecule has 1 aliphatic carbocycles. The smallest absolute Gasteiger partial charge is 0.240 e. The highest BCUT2D eigenvalue weighted by Gasteiger charge is 2.33. The van der Waals surface area contributed by atoms with Crippen LogP contribution >= 0.6 is 0 Å². The summed E-state index contributed by atoms with van der Waals surface area (Å²) in [6.45, 7) is 1.39. The van der Waals surface area contributed by atoms with E-state index in [1.165, 1.54) is 6.92 Å². The Bertz CT molecular complexity index is 513. The second kappa shape index (κ2) is 5.30. The molecule has 1 aliphatic rings. The first-order chi connectivity index (χ1) is 9.02. The number of methoxy groups -OCH3 is 1. The molecule has 0 bridgehead atoms. The van der Waals surface area contributed by atoms with E-state index < -0.39 is 11.9 Å². The van der Waals surface area contributed by atoms with Crippen LogP contribution in [0.4, 0.5) is 0 Å². The molecule has 0 radical (unpaired) electrons. The molecule has 0 saturated carbocycles. The standard InChI is InChI=1S/C14H18N2O3/c1-8(17)16-13(14(15)18)12-5-3-9-7-10(19-2)4-6-11(9)12/h4,6-7,12-13H,3,5H2,1-2H3,(H2,15,18)(H,16,17)/t12-,13+/m1/s1. The minimum absolute atomic E-state index is 0.0534. The maximum absolute atomic E-state index is 11.5. The number of primary amides is 1. The molecule has 0 aromatic heterocycles. The van der Waals surface area contributed by atoms with Gasteiger partial charge in [0, 0.05) is 12.8 Å². The number of nitrogens with two attached hydrogens (primary N) is 1. The van der Waals surface area contributed by atoms with Gasteiger partial charge in [0.2, 0.25) is 11.8 Å². The summed E-state index contributed by atoms with van der Waals surface area (Å²) >= 11 is 0. The summed E-state index contributed by atoms with van der Waals surface area (Å²) < 4.78 is 5.19. The zero-order valence-electron chi connectivity index (χ0n) is 11.1. The number of benzene rings is 1. The van der Waals surface area contributed by atoms with E-state index in [-0.39, 0.29) is 11.8 Å². The van der Waals surface area contributed by atoms with Gasteiger partial charge in [-0.05, 0) is 36.1 Å². The number of carbonyl (C=O) groups is 2. The van der Waals surface area contributed by atoms with Gasteiger partial charge >= 0.3 is 0 Å². The van der Waals surface area contributed by atoms with Crippen molar-refractivity contribution in [3.05, 3.63) is 29.3 Å². The molecule has 0 spiro atoms. The number of ether oxygens (including phenoxy) is 1. The lowest BCUT2D eigenvalue weighted by atomic mass is 9.92. The van der Waals surface area contributed by atoms with Crippen LogP contribution in [0.25, 0.3) is 0 Å². The summed E-state index contributed by atoms with van der Waals surface area (Å²) in [5.74, 6) is 0.00601. The lowest BCUT2D eigenvalue weighted by Gasteiger charge is -2.22. The Morgan fingerprint density at radius 3 is 2.79 bits per heavy atom.